The highest BCUT2D eigenvalue weighted by Gasteiger charge is 2.39. The van der Waals surface area contributed by atoms with Gasteiger partial charge in [0.15, 0.2) is 10.7 Å². The second kappa shape index (κ2) is 6.31. The number of amides is 1. The van der Waals surface area contributed by atoms with Crippen LogP contribution in [0.5, 0.6) is 0 Å². The number of benzene rings is 1. The number of carboxylic acids is 1. The first-order valence-corrected chi connectivity index (χ1v) is 9.76. The lowest BCUT2D eigenvalue weighted by Gasteiger charge is -2.39. The number of rotatable bonds is 2. The minimum Gasteiger partial charge on any atom is -0.476 e. The van der Waals surface area contributed by atoms with Crippen LogP contribution in [0.25, 0.3) is 15.2 Å². The minimum absolute atomic E-state index is 0.0141. The van der Waals surface area contributed by atoms with Gasteiger partial charge in [0, 0.05) is 19.0 Å². The van der Waals surface area contributed by atoms with Crippen molar-refractivity contribution in [3.63, 3.8) is 0 Å². The summed E-state index contributed by atoms with van der Waals surface area (Å²) in [5.74, 6) is -1.92. The van der Waals surface area contributed by atoms with Crippen molar-refractivity contribution in [2.75, 3.05) is 13.1 Å². The molecule has 1 aromatic carbocycles. The molecule has 7 nitrogen and oxygen atoms in total. The molecule has 0 atom stereocenters. The average molecular weight is 426 g/mol. The molecule has 4 rings (SSSR count). The molecule has 0 radical (unpaired) electrons. The van der Waals surface area contributed by atoms with Crippen LogP contribution in [0.3, 0.4) is 0 Å². The highest BCUT2D eigenvalue weighted by Crippen LogP contribution is 2.39. The Hall–Kier alpha value is -2.39. The Morgan fingerprint density at radius 3 is 2.64 bits per heavy atom. The smallest absolute Gasteiger partial charge is 0.410 e. The molecule has 1 saturated heterocycles. The molecule has 0 aliphatic carbocycles. The number of thiazole rings is 1. The third-order valence-corrected chi connectivity index (χ3v) is 6.02. The number of likely N-dealkylation sites (tertiary alicyclic amines) is 1. The number of imidazole rings is 1. The summed E-state index contributed by atoms with van der Waals surface area (Å²) in [5, 5.41) is 9.58. The van der Waals surface area contributed by atoms with Gasteiger partial charge in [-0.2, -0.15) is 0 Å². The molecular formula is C18H17ClFN3O4S. The highest BCUT2D eigenvalue weighted by molar-refractivity contribution is 7.24. The number of carboxylic acid groups (broad SMARTS) is 1. The molecule has 3 heterocycles. The molecule has 1 aliphatic rings. The topological polar surface area (TPSA) is 84.1 Å². The first-order valence-electron chi connectivity index (χ1n) is 8.57. The quantitative estimate of drug-likeness (QED) is 0.658. The van der Waals surface area contributed by atoms with Crippen LogP contribution in [0.1, 0.15) is 42.9 Å². The summed E-state index contributed by atoms with van der Waals surface area (Å²) >= 11 is 7.20. The van der Waals surface area contributed by atoms with E-state index in [2.05, 4.69) is 4.98 Å². The van der Waals surface area contributed by atoms with Gasteiger partial charge in [0.1, 0.15) is 11.4 Å². The van der Waals surface area contributed by atoms with Gasteiger partial charge in [-0.15, -0.1) is 0 Å². The Labute approximate surface area is 168 Å². The third-order valence-electron chi connectivity index (χ3n) is 4.47. The summed E-state index contributed by atoms with van der Waals surface area (Å²) < 4.78 is 21.3. The number of carbonyl (C=O) groups excluding carboxylic acids is 1. The van der Waals surface area contributed by atoms with Gasteiger partial charge in [0.25, 0.3) is 0 Å². The Morgan fingerprint density at radius 2 is 2.04 bits per heavy atom. The van der Waals surface area contributed by atoms with Crippen molar-refractivity contribution in [1.29, 1.82) is 0 Å². The normalized spacial score (nSPS) is 15.2. The molecule has 1 N–H and O–H groups in total. The van der Waals surface area contributed by atoms with Gasteiger partial charge < -0.3 is 14.7 Å². The summed E-state index contributed by atoms with van der Waals surface area (Å²) in [6, 6.07) is 2.80. The molecule has 0 saturated carbocycles. The van der Waals surface area contributed by atoms with E-state index in [4.69, 9.17) is 16.3 Å². The molecule has 0 bridgehead atoms. The number of aromatic nitrogens is 2. The molecule has 10 heteroatoms. The number of hydrogen-bond acceptors (Lipinski definition) is 5. The highest BCUT2D eigenvalue weighted by atomic mass is 35.5. The maximum absolute atomic E-state index is 13.8. The molecule has 148 valence electrons. The Bertz CT molecular complexity index is 1130. The standard InChI is InChI=1S/C18H17ClFN3O4S/c1-18(2,3)27-17(26)22-6-8(7-22)13-12(15(24)25)21-16-23(13)10-5-4-9(20)11(19)14(10)28-16/h4-5,8H,6-7H2,1-3H3,(H,24,25). The number of halogens is 2. The number of carbonyl (C=O) groups is 2. The first-order chi connectivity index (χ1) is 13.1. The van der Waals surface area contributed by atoms with E-state index in [0.29, 0.717) is 34.0 Å². The van der Waals surface area contributed by atoms with E-state index in [1.165, 1.54) is 11.0 Å². The van der Waals surface area contributed by atoms with Crippen molar-refractivity contribution in [2.24, 2.45) is 0 Å². The van der Waals surface area contributed by atoms with E-state index in [-0.39, 0.29) is 16.6 Å². The average Bonchev–Trinajstić information content (AvgIpc) is 3.05. The summed E-state index contributed by atoms with van der Waals surface area (Å²) in [4.78, 5) is 30.1. The molecule has 2 aromatic heterocycles. The van der Waals surface area contributed by atoms with Gasteiger partial charge in [0.2, 0.25) is 0 Å². The maximum Gasteiger partial charge on any atom is 0.410 e. The number of fused-ring (bicyclic) bond motifs is 3. The molecule has 0 unspecified atom stereocenters. The number of aromatic carboxylic acids is 1. The third kappa shape index (κ3) is 2.98. The lowest BCUT2D eigenvalue weighted by Crippen LogP contribution is -2.50. The van der Waals surface area contributed by atoms with E-state index in [0.717, 1.165) is 11.3 Å². The molecule has 1 fully saturated rings. The van der Waals surface area contributed by atoms with E-state index >= 15 is 0 Å². The predicted molar refractivity (Wildman–Crippen MR) is 103 cm³/mol. The van der Waals surface area contributed by atoms with Crippen LogP contribution >= 0.6 is 22.9 Å². The second-order valence-corrected chi connectivity index (χ2v) is 9.02. The van der Waals surface area contributed by atoms with Crippen molar-refractivity contribution in [3.8, 4) is 0 Å². The van der Waals surface area contributed by atoms with Crippen molar-refractivity contribution >= 4 is 50.2 Å². The molecule has 28 heavy (non-hydrogen) atoms. The monoisotopic (exact) mass is 425 g/mol. The van der Waals surface area contributed by atoms with E-state index in [9.17, 15) is 19.1 Å². The van der Waals surface area contributed by atoms with Crippen molar-refractivity contribution < 1.29 is 23.8 Å². The predicted octanol–water partition coefficient (Wildman–Crippen LogP) is 4.37. The lowest BCUT2D eigenvalue weighted by atomic mass is 9.95. The van der Waals surface area contributed by atoms with E-state index in [1.807, 2.05) is 0 Å². The summed E-state index contributed by atoms with van der Waals surface area (Å²) in [6.07, 6.45) is -0.443. The second-order valence-electron chi connectivity index (χ2n) is 7.66. The zero-order valence-electron chi connectivity index (χ0n) is 15.3. The zero-order valence-corrected chi connectivity index (χ0v) is 16.9. The van der Waals surface area contributed by atoms with Gasteiger partial charge in [-0.3, -0.25) is 4.40 Å². The number of ether oxygens (including phenoxy) is 1. The fourth-order valence-electron chi connectivity index (χ4n) is 3.26. The van der Waals surface area contributed by atoms with Gasteiger partial charge >= 0.3 is 12.1 Å². The van der Waals surface area contributed by atoms with Crippen molar-refractivity contribution in [3.05, 3.63) is 34.4 Å². The van der Waals surface area contributed by atoms with Crippen LogP contribution in [-0.4, -0.2) is 50.1 Å². The lowest BCUT2D eigenvalue weighted by molar-refractivity contribution is 0.00777. The summed E-state index contributed by atoms with van der Waals surface area (Å²) in [5.41, 5.74) is 0.402. The van der Waals surface area contributed by atoms with Crippen molar-refractivity contribution in [2.45, 2.75) is 32.3 Å². The maximum atomic E-state index is 13.8. The van der Waals surface area contributed by atoms with Crippen LogP contribution in [0.2, 0.25) is 5.02 Å². The van der Waals surface area contributed by atoms with Crippen molar-refractivity contribution in [1.82, 2.24) is 14.3 Å². The van der Waals surface area contributed by atoms with Gasteiger partial charge in [-0.05, 0) is 32.9 Å². The fourth-order valence-corrected chi connectivity index (χ4v) is 4.59. The molecule has 0 spiro atoms. The Balaban J connectivity index is 1.74. The zero-order chi connectivity index (χ0) is 20.4. The number of nitrogens with zero attached hydrogens (tertiary/aromatic N) is 3. The minimum atomic E-state index is -1.15. The summed E-state index contributed by atoms with van der Waals surface area (Å²) in [6.45, 7) is 5.98. The van der Waals surface area contributed by atoms with E-state index in [1.54, 1.807) is 31.2 Å². The van der Waals surface area contributed by atoms with Crippen LogP contribution in [0.4, 0.5) is 9.18 Å². The summed E-state index contributed by atoms with van der Waals surface area (Å²) in [7, 11) is 0. The SMILES string of the molecule is CC(C)(C)OC(=O)N1CC(c2c(C(=O)O)nc3sc4c(Cl)c(F)ccc4n23)C1. The molecule has 3 aromatic rings. The van der Waals surface area contributed by atoms with Crippen LogP contribution in [-0.2, 0) is 4.74 Å². The fraction of sp³-hybridized carbons (Fsp3) is 0.389. The van der Waals surface area contributed by atoms with E-state index < -0.39 is 23.5 Å². The Kier molecular flexibility index (Phi) is 4.27. The van der Waals surface area contributed by atoms with Gasteiger partial charge in [0.05, 0.1) is 20.9 Å². The van der Waals surface area contributed by atoms with Crippen LogP contribution in [0.15, 0.2) is 12.1 Å². The number of hydrogen-bond donors (Lipinski definition) is 1. The van der Waals surface area contributed by atoms with Crippen LogP contribution < -0.4 is 0 Å². The largest absolute Gasteiger partial charge is 0.476 e. The van der Waals surface area contributed by atoms with Crippen LogP contribution in [0, 0.1) is 5.82 Å². The first kappa shape index (κ1) is 18.9. The Morgan fingerprint density at radius 1 is 1.36 bits per heavy atom. The molecular weight excluding hydrogens is 409 g/mol. The molecule has 1 aliphatic heterocycles. The van der Waals surface area contributed by atoms with Gasteiger partial charge in [-0.1, -0.05) is 22.9 Å². The molecule has 1 amide bonds. The van der Waals surface area contributed by atoms with Gasteiger partial charge in [-0.25, -0.2) is 19.0 Å².